The molecule has 4 nitrogen and oxygen atoms in total. The Bertz CT molecular complexity index is 813. The van der Waals surface area contributed by atoms with Gasteiger partial charge in [-0.05, 0) is 35.0 Å². The second-order valence-electron chi connectivity index (χ2n) is 4.77. The first kappa shape index (κ1) is 16.1. The van der Waals surface area contributed by atoms with Crippen molar-refractivity contribution < 1.29 is 9.47 Å². The highest BCUT2D eigenvalue weighted by molar-refractivity contribution is 7.10. The van der Waals surface area contributed by atoms with Crippen LogP contribution in [0.2, 0.25) is 0 Å². The molecule has 0 aliphatic heterocycles. The Hall–Kier alpha value is -2.80. The van der Waals surface area contributed by atoms with Crippen LogP contribution >= 0.6 is 22.7 Å². The van der Waals surface area contributed by atoms with Crippen molar-refractivity contribution in [1.82, 2.24) is 0 Å². The molecule has 1 aromatic carbocycles. The van der Waals surface area contributed by atoms with E-state index in [1.807, 2.05) is 35.0 Å². The van der Waals surface area contributed by atoms with Gasteiger partial charge >= 0.3 is 0 Å². The van der Waals surface area contributed by atoms with Gasteiger partial charge in [0.25, 0.3) is 0 Å². The fourth-order valence-electron chi connectivity index (χ4n) is 2.11. The molecule has 0 bridgehead atoms. The average Bonchev–Trinajstić information content (AvgIpc) is 3.31. The zero-order valence-corrected chi connectivity index (χ0v) is 14.2. The lowest BCUT2D eigenvalue weighted by molar-refractivity contribution is 0.299. The van der Waals surface area contributed by atoms with E-state index in [0.717, 1.165) is 9.75 Å². The Morgan fingerprint density at radius 3 is 1.54 bits per heavy atom. The molecule has 0 fully saturated rings. The molecule has 2 heterocycles. The summed E-state index contributed by atoms with van der Waals surface area (Å²) in [6, 6.07) is 15.3. The molecule has 0 aliphatic rings. The van der Waals surface area contributed by atoms with E-state index in [-0.39, 0.29) is 11.1 Å². The molecule has 6 heteroatoms. The first-order valence-corrected chi connectivity index (χ1v) is 8.85. The third-order valence-electron chi connectivity index (χ3n) is 3.25. The molecular formula is C18H12N2O2S2. The number of rotatable bonds is 6. The van der Waals surface area contributed by atoms with Crippen molar-refractivity contribution in [3.63, 3.8) is 0 Å². The van der Waals surface area contributed by atoms with Crippen LogP contribution < -0.4 is 9.47 Å². The lowest BCUT2D eigenvalue weighted by Gasteiger charge is -2.12. The van der Waals surface area contributed by atoms with Crippen LogP contribution in [0, 0.1) is 22.7 Å². The van der Waals surface area contributed by atoms with Crippen molar-refractivity contribution in [2.45, 2.75) is 13.2 Å². The van der Waals surface area contributed by atoms with E-state index in [1.54, 1.807) is 34.8 Å². The van der Waals surface area contributed by atoms with E-state index >= 15 is 0 Å². The van der Waals surface area contributed by atoms with Gasteiger partial charge in [-0.1, -0.05) is 12.1 Å². The molecule has 0 aliphatic carbocycles. The van der Waals surface area contributed by atoms with Gasteiger partial charge in [0.15, 0.2) is 0 Å². The Morgan fingerprint density at radius 1 is 0.750 bits per heavy atom. The third kappa shape index (κ3) is 3.57. The second kappa shape index (κ2) is 7.65. The summed E-state index contributed by atoms with van der Waals surface area (Å²) in [6.07, 6.45) is 0. The number of nitriles is 2. The minimum atomic E-state index is 0.206. The molecule has 0 saturated heterocycles. The summed E-state index contributed by atoms with van der Waals surface area (Å²) in [7, 11) is 0. The number of hydrogen-bond acceptors (Lipinski definition) is 6. The SMILES string of the molecule is N#Cc1c(OCc2cccs2)ccc(OCc2cccs2)c1C#N. The van der Waals surface area contributed by atoms with Gasteiger partial charge in [0.2, 0.25) is 0 Å². The molecule has 0 N–H and O–H groups in total. The molecule has 0 radical (unpaired) electrons. The molecule has 0 amide bonds. The largest absolute Gasteiger partial charge is 0.487 e. The molecule has 0 saturated carbocycles. The normalized spacial score (nSPS) is 9.92. The maximum absolute atomic E-state index is 9.43. The summed E-state index contributed by atoms with van der Waals surface area (Å²) >= 11 is 3.16. The van der Waals surface area contributed by atoms with Crippen LogP contribution in [-0.2, 0) is 13.2 Å². The Morgan fingerprint density at radius 2 is 1.21 bits per heavy atom. The van der Waals surface area contributed by atoms with Crippen LogP contribution in [0.4, 0.5) is 0 Å². The standard InChI is InChI=1S/C18H12N2O2S2/c19-9-15-16(10-20)18(22-12-14-4-2-8-24-14)6-5-17(15)21-11-13-3-1-7-23-13/h1-8H,11-12H2. The zero-order chi connectivity index (χ0) is 16.8. The minimum absolute atomic E-state index is 0.206. The van der Waals surface area contributed by atoms with E-state index in [9.17, 15) is 10.5 Å². The van der Waals surface area contributed by atoms with Crippen molar-refractivity contribution in [3.8, 4) is 23.6 Å². The van der Waals surface area contributed by atoms with Crippen LogP contribution in [0.1, 0.15) is 20.9 Å². The summed E-state index contributed by atoms with van der Waals surface area (Å²) in [6.45, 7) is 0.735. The summed E-state index contributed by atoms with van der Waals surface area (Å²) in [5.41, 5.74) is 0.412. The molecule has 3 aromatic rings. The van der Waals surface area contributed by atoms with Gasteiger partial charge in [0.05, 0.1) is 0 Å². The Balaban J connectivity index is 1.81. The first-order chi connectivity index (χ1) is 11.8. The third-order valence-corrected chi connectivity index (χ3v) is 4.95. The smallest absolute Gasteiger partial charge is 0.139 e. The molecule has 0 unspecified atom stereocenters. The lowest BCUT2D eigenvalue weighted by atomic mass is 10.1. The predicted octanol–water partition coefficient (Wildman–Crippen LogP) is 4.71. The molecule has 24 heavy (non-hydrogen) atoms. The van der Waals surface area contributed by atoms with E-state index in [2.05, 4.69) is 12.1 Å². The van der Waals surface area contributed by atoms with Crippen LogP contribution in [0.3, 0.4) is 0 Å². The predicted molar refractivity (Wildman–Crippen MR) is 93.2 cm³/mol. The molecular weight excluding hydrogens is 340 g/mol. The molecule has 0 spiro atoms. The topological polar surface area (TPSA) is 66.0 Å². The fourth-order valence-corrected chi connectivity index (χ4v) is 3.35. The average molecular weight is 352 g/mol. The maximum Gasteiger partial charge on any atom is 0.139 e. The minimum Gasteiger partial charge on any atom is -0.487 e. The Kier molecular flexibility index (Phi) is 5.12. The lowest BCUT2D eigenvalue weighted by Crippen LogP contribution is -2.01. The summed E-state index contributed by atoms with van der Waals surface area (Å²) in [5, 5.41) is 22.8. The summed E-state index contributed by atoms with van der Waals surface area (Å²) in [5.74, 6) is 0.789. The number of nitrogens with zero attached hydrogens (tertiary/aromatic N) is 2. The number of hydrogen-bond donors (Lipinski definition) is 0. The highest BCUT2D eigenvalue weighted by Crippen LogP contribution is 2.31. The maximum atomic E-state index is 9.43. The molecule has 118 valence electrons. The van der Waals surface area contributed by atoms with Crippen molar-refractivity contribution in [3.05, 3.63) is 68.0 Å². The van der Waals surface area contributed by atoms with Gasteiger partial charge in [0.1, 0.15) is 48.0 Å². The van der Waals surface area contributed by atoms with E-state index < -0.39 is 0 Å². The highest BCUT2D eigenvalue weighted by Gasteiger charge is 2.16. The molecule has 0 atom stereocenters. The van der Waals surface area contributed by atoms with Crippen molar-refractivity contribution in [2.75, 3.05) is 0 Å². The van der Waals surface area contributed by atoms with Gasteiger partial charge < -0.3 is 9.47 Å². The molecule has 3 rings (SSSR count). The van der Waals surface area contributed by atoms with Crippen molar-refractivity contribution >= 4 is 22.7 Å². The van der Waals surface area contributed by atoms with Gasteiger partial charge in [-0.25, -0.2) is 0 Å². The highest BCUT2D eigenvalue weighted by atomic mass is 32.1. The van der Waals surface area contributed by atoms with Crippen LogP contribution in [0.5, 0.6) is 11.5 Å². The zero-order valence-electron chi connectivity index (χ0n) is 12.6. The van der Waals surface area contributed by atoms with E-state index in [1.165, 1.54) is 0 Å². The quantitative estimate of drug-likeness (QED) is 0.644. The second-order valence-corrected chi connectivity index (χ2v) is 6.84. The van der Waals surface area contributed by atoms with Crippen LogP contribution in [0.25, 0.3) is 0 Å². The van der Waals surface area contributed by atoms with Gasteiger partial charge in [-0.3, -0.25) is 0 Å². The van der Waals surface area contributed by atoms with Crippen LogP contribution in [0.15, 0.2) is 47.2 Å². The monoisotopic (exact) mass is 352 g/mol. The van der Waals surface area contributed by atoms with Gasteiger partial charge in [0, 0.05) is 9.75 Å². The fraction of sp³-hybridized carbons (Fsp3) is 0.111. The number of thiophene rings is 2. The van der Waals surface area contributed by atoms with Crippen molar-refractivity contribution in [2.24, 2.45) is 0 Å². The summed E-state index contributed by atoms with van der Waals surface area (Å²) in [4.78, 5) is 2.10. The first-order valence-electron chi connectivity index (χ1n) is 7.09. The van der Waals surface area contributed by atoms with E-state index in [4.69, 9.17) is 9.47 Å². The van der Waals surface area contributed by atoms with E-state index in [0.29, 0.717) is 24.7 Å². The Labute approximate surface area is 147 Å². The molecule has 2 aromatic heterocycles. The van der Waals surface area contributed by atoms with Crippen LogP contribution in [-0.4, -0.2) is 0 Å². The van der Waals surface area contributed by atoms with Gasteiger partial charge in [-0.15, -0.1) is 22.7 Å². The number of benzene rings is 1. The summed E-state index contributed by atoms with van der Waals surface area (Å²) < 4.78 is 11.4. The van der Waals surface area contributed by atoms with Gasteiger partial charge in [-0.2, -0.15) is 10.5 Å². The van der Waals surface area contributed by atoms with Crippen molar-refractivity contribution in [1.29, 1.82) is 10.5 Å². The number of ether oxygens (including phenoxy) is 2.